The van der Waals surface area contributed by atoms with E-state index in [9.17, 15) is 9.18 Å². The molecule has 0 bridgehead atoms. The number of hydrogen-bond acceptors (Lipinski definition) is 2. The second kappa shape index (κ2) is 2.92. The predicted octanol–water partition coefficient (Wildman–Crippen LogP) is 2.10. The Bertz CT molecular complexity index is 360. The number of carbonyl (C=O) groups excluding carboxylic acids is 1. The van der Waals surface area contributed by atoms with Crippen molar-refractivity contribution in [1.29, 1.82) is 0 Å². The first-order valence-corrected chi connectivity index (χ1v) is 4.08. The topological polar surface area (TPSA) is 26.3 Å². The molecule has 1 aliphatic rings. The summed E-state index contributed by atoms with van der Waals surface area (Å²) in [5, 5.41) is 0. The lowest BCUT2D eigenvalue weighted by Crippen LogP contribution is -1.98. The quantitative estimate of drug-likeness (QED) is 0.661. The van der Waals surface area contributed by atoms with E-state index in [1.807, 2.05) is 0 Å². The van der Waals surface area contributed by atoms with Crippen molar-refractivity contribution in [2.75, 3.05) is 7.11 Å². The van der Waals surface area contributed by atoms with Gasteiger partial charge in [-0.15, -0.1) is 0 Å². The molecule has 1 atom stereocenters. The molecule has 0 N–H and O–H groups in total. The summed E-state index contributed by atoms with van der Waals surface area (Å²) in [4.78, 5) is 11.3. The van der Waals surface area contributed by atoms with Crippen molar-refractivity contribution < 1.29 is 13.9 Å². The van der Waals surface area contributed by atoms with Crippen LogP contribution in [0.15, 0.2) is 18.2 Å². The summed E-state index contributed by atoms with van der Waals surface area (Å²) < 4.78 is 18.3. The molecule has 2 nitrogen and oxygen atoms in total. The van der Waals surface area contributed by atoms with Crippen LogP contribution < -0.4 is 0 Å². The Hall–Kier alpha value is -1.22. The lowest BCUT2D eigenvalue weighted by atomic mass is 10.1. The van der Waals surface area contributed by atoms with Crippen LogP contribution in [0.25, 0.3) is 0 Å². The van der Waals surface area contributed by atoms with Gasteiger partial charge in [0.1, 0.15) is 5.82 Å². The maximum atomic E-state index is 13.3. The number of benzene rings is 1. The van der Waals surface area contributed by atoms with Crippen LogP contribution in [0.5, 0.6) is 0 Å². The second-order valence-electron chi connectivity index (χ2n) is 3.05. The first kappa shape index (κ1) is 8.38. The van der Waals surface area contributed by atoms with E-state index in [1.54, 1.807) is 12.1 Å². The van der Waals surface area contributed by atoms with Crippen molar-refractivity contribution in [2.24, 2.45) is 0 Å². The lowest BCUT2D eigenvalue weighted by molar-refractivity contribution is 0.0803. The van der Waals surface area contributed by atoms with Gasteiger partial charge in [-0.1, -0.05) is 12.1 Å². The van der Waals surface area contributed by atoms with Crippen molar-refractivity contribution in [2.45, 2.75) is 12.5 Å². The Labute approximate surface area is 75.3 Å². The van der Waals surface area contributed by atoms with Crippen LogP contribution in [0.2, 0.25) is 0 Å². The molecule has 0 unspecified atom stereocenters. The van der Waals surface area contributed by atoms with Crippen LogP contribution in [-0.2, 0) is 4.74 Å². The van der Waals surface area contributed by atoms with Gasteiger partial charge in [-0.2, -0.15) is 0 Å². The zero-order valence-corrected chi connectivity index (χ0v) is 7.21. The molecule has 13 heavy (non-hydrogen) atoms. The van der Waals surface area contributed by atoms with Crippen molar-refractivity contribution in [3.8, 4) is 0 Å². The third-order valence-corrected chi connectivity index (χ3v) is 2.33. The summed E-state index contributed by atoms with van der Waals surface area (Å²) in [6, 6.07) is 4.54. The van der Waals surface area contributed by atoms with Crippen molar-refractivity contribution in [1.82, 2.24) is 0 Å². The van der Waals surface area contributed by atoms with E-state index in [0.29, 0.717) is 11.1 Å². The van der Waals surface area contributed by atoms with Crippen LogP contribution >= 0.6 is 0 Å². The number of halogens is 1. The molecule has 0 aliphatic heterocycles. The van der Waals surface area contributed by atoms with Crippen molar-refractivity contribution >= 4 is 5.78 Å². The van der Waals surface area contributed by atoms with E-state index < -0.39 is 6.10 Å². The molecule has 3 heteroatoms. The maximum Gasteiger partial charge on any atom is 0.166 e. The third kappa shape index (κ3) is 1.16. The number of Topliss-reactive ketones (excluding diaryl/α,β-unsaturated/α-hetero) is 1. The van der Waals surface area contributed by atoms with Crippen LogP contribution in [0.1, 0.15) is 28.4 Å². The summed E-state index contributed by atoms with van der Waals surface area (Å²) in [7, 11) is 1.49. The van der Waals surface area contributed by atoms with Crippen LogP contribution in [0, 0.1) is 5.82 Å². The molecule has 0 heterocycles. The maximum absolute atomic E-state index is 13.3. The summed E-state index contributed by atoms with van der Waals surface area (Å²) >= 11 is 0. The van der Waals surface area contributed by atoms with Gasteiger partial charge in [0.2, 0.25) is 0 Å². The monoisotopic (exact) mass is 180 g/mol. The molecule has 68 valence electrons. The largest absolute Gasteiger partial charge is 0.376 e. The normalized spacial score (nSPS) is 20.5. The molecule has 0 radical (unpaired) electrons. The standard InChI is InChI=1S/C10H9FO2/c1-13-9-5-8(12)6-3-2-4-7(11)10(6)9/h2-4,9H,5H2,1H3/t9-/m0/s1. The molecule has 1 aromatic carbocycles. The van der Waals surface area contributed by atoms with Crippen molar-refractivity contribution in [3.63, 3.8) is 0 Å². The van der Waals surface area contributed by atoms with Gasteiger partial charge >= 0.3 is 0 Å². The van der Waals surface area contributed by atoms with Gasteiger partial charge in [0.05, 0.1) is 6.10 Å². The highest BCUT2D eigenvalue weighted by atomic mass is 19.1. The van der Waals surface area contributed by atoms with E-state index in [4.69, 9.17) is 4.74 Å². The number of ether oxygens (including phenoxy) is 1. The van der Waals surface area contributed by atoms with Gasteiger partial charge in [-0.25, -0.2) is 4.39 Å². The highest BCUT2D eigenvalue weighted by molar-refractivity contribution is 6.01. The van der Waals surface area contributed by atoms with E-state index in [0.717, 1.165) is 0 Å². The minimum atomic E-state index is -0.399. The zero-order valence-electron chi connectivity index (χ0n) is 7.21. The summed E-state index contributed by atoms with van der Waals surface area (Å²) in [6.07, 6.45) is -0.143. The van der Waals surface area contributed by atoms with E-state index in [1.165, 1.54) is 13.2 Å². The van der Waals surface area contributed by atoms with E-state index >= 15 is 0 Å². The molecule has 2 rings (SSSR count). The fraction of sp³-hybridized carbons (Fsp3) is 0.300. The summed E-state index contributed by atoms with van der Waals surface area (Å²) in [6.45, 7) is 0. The minimum Gasteiger partial charge on any atom is -0.376 e. The van der Waals surface area contributed by atoms with Crippen molar-refractivity contribution in [3.05, 3.63) is 35.1 Å². The molecule has 1 aromatic rings. The number of ketones is 1. The molecule has 0 spiro atoms. The minimum absolute atomic E-state index is 0.0404. The average molecular weight is 180 g/mol. The summed E-state index contributed by atoms with van der Waals surface area (Å²) in [5.41, 5.74) is 0.877. The molecular formula is C10H9FO2. The number of carbonyl (C=O) groups is 1. The molecule has 0 amide bonds. The Kier molecular flexibility index (Phi) is 1.88. The number of fused-ring (bicyclic) bond motifs is 1. The van der Waals surface area contributed by atoms with Gasteiger partial charge in [-0.3, -0.25) is 4.79 Å². The van der Waals surface area contributed by atoms with E-state index in [-0.39, 0.29) is 18.0 Å². The number of hydrogen-bond donors (Lipinski definition) is 0. The van der Waals surface area contributed by atoms with Crippen LogP contribution in [-0.4, -0.2) is 12.9 Å². The molecule has 0 aromatic heterocycles. The number of methoxy groups -OCH3 is 1. The second-order valence-corrected chi connectivity index (χ2v) is 3.05. The Morgan fingerprint density at radius 3 is 3.00 bits per heavy atom. The Balaban J connectivity index is 2.58. The zero-order chi connectivity index (χ0) is 9.42. The Morgan fingerprint density at radius 1 is 1.54 bits per heavy atom. The highest BCUT2D eigenvalue weighted by Gasteiger charge is 2.31. The van der Waals surface area contributed by atoms with Crippen LogP contribution in [0.4, 0.5) is 4.39 Å². The average Bonchev–Trinajstić information content (AvgIpc) is 2.45. The third-order valence-electron chi connectivity index (χ3n) is 2.33. The molecule has 0 fully saturated rings. The predicted molar refractivity (Wildman–Crippen MR) is 45.1 cm³/mol. The fourth-order valence-electron chi connectivity index (χ4n) is 1.69. The lowest BCUT2D eigenvalue weighted by Gasteiger charge is -2.08. The van der Waals surface area contributed by atoms with Gasteiger partial charge < -0.3 is 4.74 Å². The smallest absolute Gasteiger partial charge is 0.166 e. The van der Waals surface area contributed by atoms with Gasteiger partial charge in [0.25, 0.3) is 0 Å². The molecule has 1 aliphatic carbocycles. The van der Waals surface area contributed by atoms with Crippen LogP contribution in [0.3, 0.4) is 0 Å². The molecule has 0 saturated carbocycles. The SMILES string of the molecule is CO[C@H]1CC(=O)c2cccc(F)c21. The highest BCUT2D eigenvalue weighted by Crippen LogP contribution is 2.34. The van der Waals surface area contributed by atoms with Gasteiger partial charge in [0.15, 0.2) is 5.78 Å². The van der Waals surface area contributed by atoms with Gasteiger partial charge in [0, 0.05) is 24.7 Å². The molecule has 0 saturated heterocycles. The fourth-order valence-corrected chi connectivity index (χ4v) is 1.69. The molecular weight excluding hydrogens is 171 g/mol. The Morgan fingerprint density at radius 2 is 2.31 bits per heavy atom. The first-order chi connectivity index (χ1) is 6.24. The summed E-state index contributed by atoms with van der Waals surface area (Å²) in [5.74, 6) is -0.392. The van der Waals surface area contributed by atoms with Gasteiger partial charge in [-0.05, 0) is 6.07 Å². The first-order valence-electron chi connectivity index (χ1n) is 4.08. The number of rotatable bonds is 1. The van der Waals surface area contributed by atoms with E-state index in [2.05, 4.69) is 0 Å².